The van der Waals surface area contributed by atoms with Gasteiger partial charge < -0.3 is 10.2 Å². The van der Waals surface area contributed by atoms with Gasteiger partial charge in [0.1, 0.15) is 5.75 Å². The Morgan fingerprint density at radius 3 is 2.50 bits per heavy atom. The molecule has 1 amide bonds. The molecule has 0 saturated carbocycles. The fourth-order valence-corrected chi connectivity index (χ4v) is 3.06. The maximum Gasteiger partial charge on any atom is 0.242 e. The first-order chi connectivity index (χ1) is 12.6. The number of carbonyl (C=O) groups excluding carboxylic acids is 2. The molecule has 5 nitrogen and oxygen atoms in total. The van der Waals surface area contributed by atoms with E-state index in [0.29, 0.717) is 12.8 Å². The van der Waals surface area contributed by atoms with Crippen molar-refractivity contribution in [3.05, 3.63) is 77.5 Å². The number of nitrogens with one attached hydrogen (secondary N) is 2. The molecule has 0 spiro atoms. The molecule has 0 unspecified atom stereocenters. The van der Waals surface area contributed by atoms with E-state index in [2.05, 4.69) is 10.9 Å². The molecule has 0 fully saturated rings. The van der Waals surface area contributed by atoms with Crippen molar-refractivity contribution in [2.75, 3.05) is 7.11 Å². The highest BCUT2D eigenvalue weighted by molar-refractivity contribution is 5.92. The molecule has 0 aromatic heterocycles. The minimum Gasteiger partial charge on any atom is -0.497 e. The van der Waals surface area contributed by atoms with E-state index < -0.39 is 0 Å². The Bertz CT molecular complexity index is 798. The molecule has 0 saturated heterocycles. The van der Waals surface area contributed by atoms with Gasteiger partial charge in [0.15, 0.2) is 5.78 Å². The first-order valence-corrected chi connectivity index (χ1v) is 8.60. The van der Waals surface area contributed by atoms with E-state index in [9.17, 15) is 9.59 Å². The normalized spacial score (nSPS) is 16.6. The molecule has 134 valence electrons. The first-order valence-electron chi connectivity index (χ1n) is 8.60. The average Bonchev–Trinajstić information content (AvgIpc) is 2.67. The van der Waals surface area contributed by atoms with Crippen molar-refractivity contribution < 1.29 is 14.3 Å². The lowest BCUT2D eigenvalue weighted by atomic mass is 9.86. The average molecular weight is 350 g/mol. The second kappa shape index (κ2) is 8.34. The third-order valence-electron chi connectivity index (χ3n) is 4.41. The summed E-state index contributed by atoms with van der Waals surface area (Å²) in [6.07, 6.45) is 3.01. The molecular formula is C21H22N2O3. The second-order valence-corrected chi connectivity index (χ2v) is 6.35. The molecule has 0 aliphatic heterocycles. The summed E-state index contributed by atoms with van der Waals surface area (Å²) in [4.78, 5) is 24.1. The maximum absolute atomic E-state index is 12.1. The first kappa shape index (κ1) is 17.7. The summed E-state index contributed by atoms with van der Waals surface area (Å²) in [7, 11) is 1.60. The molecule has 2 N–H and O–H groups in total. The molecule has 1 aliphatic rings. The van der Waals surface area contributed by atoms with Crippen molar-refractivity contribution in [3.63, 3.8) is 0 Å². The smallest absolute Gasteiger partial charge is 0.242 e. The summed E-state index contributed by atoms with van der Waals surface area (Å²) in [6, 6.07) is 17.3. The SMILES string of the molecule is COc1ccc(CC(=O)NNC2=CC(=O)C[C@H](c3ccccc3)C2)cc1. The fourth-order valence-electron chi connectivity index (χ4n) is 3.06. The third kappa shape index (κ3) is 4.72. The van der Waals surface area contributed by atoms with Crippen LogP contribution in [0.4, 0.5) is 0 Å². The van der Waals surface area contributed by atoms with Crippen molar-refractivity contribution in [2.45, 2.75) is 25.2 Å². The molecule has 2 aromatic carbocycles. The molecular weight excluding hydrogens is 328 g/mol. The lowest BCUT2D eigenvalue weighted by Crippen LogP contribution is -2.39. The summed E-state index contributed by atoms with van der Waals surface area (Å²) < 4.78 is 5.11. The largest absolute Gasteiger partial charge is 0.497 e. The Morgan fingerprint density at radius 2 is 1.81 bits per heavy atom. The number of allylic oxidation sites excluding steroid dienone is 2. The minimum absolute atomic E-state index is 0.0667. The van der Waals surface area contributed by atoms with Gasteiger partial charge in [-0.3, -0.25) is 15.0 Å². The van der Waals surface area contributed by atoms with Crippen molar-refractivity contribution in [1.29, 1.82) is 0 Å². The zero-order chi connectivity index (χ0) is 18.4. The van der Waals surface area contributed by atoms with Gasteiger partial charge in [-0.15, -0.1) is 0 Å². The number of hydrogen-bond donors (Lipinski definition) is 2. The minimum atomic E-state index is -0.162. The van der Waals surface area contributed by atoms with Gasteiger partial charge in [-0.25, -0.2) is 0 Å². The van der Waals surface area contributed by atoms with E-state index >= 15 is 0 Å². The van der Waals surface area contributed by atoms with E-state index in [0.717, 1.165) is 22.6 Å². The Labute approximate surface area is 153 Å². The molecule has 0 bridgehead atoms. The van der Waals surface area contributed by atoms with Crippen molar-refractivity contribution in [2.24, 2.45) is 0 Å². The van der Waals surface area contributed by atoms with Crippen LogP contribution in [-0.2, 0) is 16.0 Å². The van der Waals surface area contributed by atoms with Crippen molar-refractivity contribution in [1.82, 2.24) is 10.9 Å². The zero-order valence-electron chi connectivity index (χ0n) is 14.7. The summed E-state index contributed by atoms with van der Waals surface area (Å²) in [5.74, 6) is 0.794. The maximum atomic E-state index is 12.1. The number of amides is 1. The summed E-state index contributed by atoms with van der Waals surface area (Å²) >= 11 is 0. The van der Waals surface area contributed by atoms with Crippen LogP contribution in [0.15, 0.2) is 66.4 Å². The van der Waals surface area contributed by atoms with Gasteiger partial charge in [-0.05, 0) is 35.6 Å². The molecule has 1 aliphatic carbocycles. The molecule has 0 radical (unpaired) electrons. The van der Waals surface area contributed by atoms with E-state index in [1.807, 2.05) is 54.6 Å². The van der Waals surface area contributed by atoms with Crippen LogP contribution in [0.2, 0.25) is 0 Å². The highest BCUT2D eigenvalue weighted by Crippen LogP contribution is 2.29. The van der Waals surface area contributed by atoms with Crippen LogP contribution < -0.4 is 15.6 Å². The number of benzene rings is 2. The topological polar surface area (TPSA) is 67.4 Å². The van der Waals surface area contributed by atoms with Crippen molar-refractivity contribution in [3.8, 4) is 5.75 Å². The van der Waals surface area contributed by atoms with Gasteiger partial charge in [0, 0.05) is 18.2 Å². The Kier molecular flexibility index (Phi) is 5.69. The number of hydrogen-bond acceptors (Lipinski definition) is 4. The Hall–Kier alpha value is -3.08. The standard InChI is InChI=1S/C21H22N2O3/c1-26-20-9-7-15(8-10-20)11-21(25)23-22-18-12-17(13-19(24)14-18)16-5-3-2-4-6-16/h2-10,14,17,22H,11-13H2,1H3,(H,23,25)/t17-/m1/s1. The van der Waals surface area contributed by atoms with Gasteiger partial charge >= 0.3 is 0 Å². The second-order valence-electron chi connectivity index (χ2n) is 6.35. The number of ketones is 1. The van der Waals surface area contributed by atoms with E-state index in [1.165, 1.54) is 0 Å². The van der Waals surface area contributed by atoms with E-state index in [4.69, 9.17) is 4.74 Å². The van der Waals surface area contributed by atoms with Crippen molar-refractivity contribution >= 4 is 11.7 Å². The molecule has 5 heteroatoms. The summed E-state index contributed by atoms with van der Waals surface area (Å²) in [5, 5.41) is 0. The van der Waals surface area contributed by atoms with Crippen LogP contribution in [0, 0.1) is 0 Å². The predicted molar refractivity (Wildman–Crippen MR) is 99.5 cm³/mol. The lowest BCUT2D eigenvalue weighted by molar-refractivity contribution is -0.121. The van der Waals surface area contributed by atoms with Gasteiger partial charge in [-0.1, -0.05) is 42.5 Å². The van der Waals surface area contributed by atoms with Crippen LogP contribution >= 0.6 is 0 Å². The monoisotopic (exact) mass is 350 g/mol. The predicted octanol–water partition coefficient (Wildman–Crippen LogP) is 2.89. The van der Waals surface area contributed by atoms with Crippen LogP contribution in [0.5, 0.6) is 5.75 Å². The molecule has 1 atom stereocenters. The van der Waals surface area contributed by atoms with Crippen LogP contribution in [0.3, 0.4) is 0 Å². The molecule has 26 heavy (non-hydrogen) atoms. The molecule has 3 rings (SSSR count). The summed E-state index contributed by atoms with van der Waals surface area (Å²) in [6.45, 7) is 0. The number of carbonyl (C=O) groups is 2. The Balaban J connectivity index is 1.54. The highest BCUT2D eigenvalue weighted by Gasteiger charge is 2.22. The molecule has 2 aromatic rings. The Morgan fingerprint density at radius 1 is 1.08 bits per heavy atom. The quantitative estimate of drug-likeness (QED) is 0.786. The van der Waals surface area contributed by atoms with Gasteiger partial charge in [0.2, 0.25) is 5.91 Å². The summed E-state index contributed by atoms with van der Waals surface area (Å²) in [5.41, 5.74) is 8.35. The highest BCUT2D eigenvalue weighted by atomic mass is 16.5. The number of ether oxygens (including phenoxy) is 1. The van der Waals surface area contributed by atoms with E-state index in [-0.39, 0.29) is 24.0 Å². The number of rotatable bonds is 6. The van der Waals surface area contributed by atoms with E-state index in [1.54, 1.807) is 13.2 Å². The third-order valence-corrected chi connectivity index (χ3v) is 4.41. The fraction of sp³-hybridized carbons (Fsp3) is 0.238. The van der Waals surface area contributed by atoms with Gasteiger partial charge in [0.05, 0.1) is 13.5 Å². The zero-order valence-corrected chi connectivity index (χ0v) is 14.7. The molecule has 0 heterocycles. The lowest BCUT2D eigenvalue weighted by Gasteiger charge is -2.23. The van der Waals surface area contributed by atoms with Crippen LogP contribution in [0.25, 0.3) is 0 Å². The van der Waals surface area contributed by atoms with Gasteiger partial charge in [-0.2, -0.15) is 0 Å². The van der Waals surface area contributed by atoms with Crippen LogP contribution in [-0.4, -0.2) is 18.8 Å². The number of hydrazine groups is 1. The number of methoxy groups -OCH3 is 1. The van der Waals surface area contributed by atoms with Crippen LogP contribution in [0.1, 0.15) is 29.9 Å². The van der Waals surface area contributed by atoms with Gasteiger partial charge in [0.25, 0.3) is 0 Å².